The first-order chi connectivity index (χ1) is 7.69. The van der Waals surface area contributed by atoms with Crippen LogP contribution in [0.4, 0.5) is 0 Å². The van der Waals surface area contributed by atoms with Crippen LogP contribution in [0.2, 0.25) is 0 Å². The molecule has 0 heterocycles. The first-order valence-corrected chi connectivity index (χ1v) is 4.77. The summed E-state index contributed by atoms with van der Waals surface area (Å²) in [6.45, 7) is 2.29. The Morgan fingerprint density at radius 3 is 2.56 bits per heavy atom. The van der Waals surface area contributed by atoms with Crippen LogP contribution in [-0.4, -0.2) is 11.4 Å². The minimum atomic E-state index is -0.566. The molecule has 80 valence electrons. The molecule has 0 N–H and O–H groups in total. The van der Waals surface area contributed by atoms with Crippen molar-refractivity contribution in [2.24, 2.45) is 0 Å². The van der Waals surface area contributed by atoms with E-state index in [1.165, 1.54) is 12.1 Å². The van der Waals surface area contributed by atoms with Gasteiger partial charge >= 0.3 is 5.36 Å². The summed E-state index contributed by atoms with van der Waals surface area (Å²) >= 11 is 0. The van der Waals surface area contributed by atoms with Gasteiger partial charge in [0.1, 0.15) is 5.75 Å². The lowest BCUT2D eigenvalue weighted by atomic mass is 10.2. The van der Waals surface area contributed by atoms with Crippen LogP contribution >= 0.6 is 0 Å². The molecule has 0 bridgehead atoms. The van der Waals surface area contributed by atoms with Gasteiger partial charge < -0.3 is 10.3 Å². The lowest BCUT2D eigenvalue weighted by Gasteiger charge is -2.00. The molecule has 0 aliphatic rings. The molecule has 0 radical (unpaired) electrons. The number of benzene rings is 1. The monoisotopic (exact) mass is 216 g/mol. The molecule has 0 aliphatic carbocycles. The van der Waals surface area contributed by atoms with Crippen molar-refractivity contribution in [1.29, 1.82) is 0 Å². The second-order valence-electron chi connectivity index (χ2n) is 3.25. The molecule has 0 spiro atoms. The molecule has 0 amide bonds. The van der Waals surface area contributed by atoms with E-state index < -0.39 is 16.2 Å². The molecule has 2 aromatic carbocycles. The standard InChI is InChI=1S/C11H8N2O3/c1-2-16-6-3-4-7-8(5-6)11(15)9(13-12)10(7)14/h3-5H,2H2,1H3. The highest BCUT2D eigenvalue weighted by Gasteiger charge is 2.16. The smallest absolute Gasteiger partial charge is 0.410 e. The molecule has 2 rings (SSSR count). The van der Waals surface area contributed by atoms with Gasteiger partial charge in [-0.1, -0.05) is 0 Å². The van der Waals surface area contributed by atoms with Crippen LogP contribution in [0.3, 0.4) is 0 Å². The van der Waals surface area contributed by atoms with E-state index in [1.807, 2.05) is 6.92 Å². The van der Waals surface area contributed by atoms with Gasteiger partial charge in [0.25, 0.3) is 10.9 Å². The maximum Gasteiger partial charge on any atom is 0.410 e. The number of hydrogen-bond donors (Lipinski definition) is 0. The highest BCUT2D eigenvalue weighted by molar-refractivity contribution is 5.84. The Morgan fingerprint density at radius 1 is 1.25 bits per heavy atom. The van der Waals surface area contributed by atoms with E-state index >= 15 is 0 Å². The lowest BCUT2D eigenvalue weighted by Crippen LogP contribution is -2.32. The Kier molecular flexibility index (Phi) is 2.38. The maximum atomic E-state index is 11.6. The Bertz CT molecular complexity index is 720. The fourth-order valence-corrected chi connectivity index (χ4v) is 1.61. The third-order valence-corrected chi connectivity index (χ3v) is 2.32. The molecule has 0 saturated heterocycles. The second-order valence-corrected chi connectivity index (χ2v) is 3.25. The summed E-state index contributed by atoms with van der Waals surface area (Å²) in [5, 5.41) is 0.0358. The van der Waals surface area contributed by atoms with Crippen LogP contribution in [0.5, 0.6) is 5.75 Å². The molecular formula is C11H8N2O3. The minimum absolute atomic E-state index is 0.226. The highest BCUT2D eigenvalue weighted by Crippen LogP contribution is 2.15. The van der Waals surface area contributed by atoms with Crippen molar-refractivity contribution in [2.45, 2.75) is 6.92 Å². The van der Waals surface area contributed by atoms with Crippen molar-refractivity contribution >= 4 is 10.8 Å². The zero-order valence-electron chi connectivity index (χ0n) is 8.56. The normalized spacial score (nSPS) is 10.3. The van der Waals surface area contributed by atoms with Crippen LogP contribution in [-0.2, 0) is 0 Å². The Balaban J connectivity index is 2.91. The number of rotatable bonds is 2. The van der Waals surface area contributed by atoms with E-state index in [1.54, 1.807) is 6.07 Å². The van der Waals surface area contributed by atoms with Crippen LogP contribution < -0.4 is 21.0 Å². The predicted molar refractivity (Wildman–Crippen MR) is 56.8 cm³/mol. The molecule has 2 aromatic rings. The van der Waals surface area contributed by atoms with Crippen molar-refractivity contribution in [1.82, 2.24) is 0 Å². The largest absolute Gasteiger partial charge is 0.494 e. The molecule has 16 heavy (non-hydrogen) atoms. The van der Waals surface area contributed by atoms with Gasteiger partial charge in [-0.25, -0.2) is 0 Å². The Morgan fingerprint density at radius 2 is 1.94 bits per heavy atom. The molecule has 5 heteroatoms. The Hall–Kier alpha value is -2.26. The van der Waals surface area contributed by atoms with E-state index in [4.69, 9.17) is 10.3 Å². The number of nitrogens with zero attached hydrogens (tertiary/aromatic N) is 2. The molecule has 0 unspecified atom stereocenters. The zero-order valence-corrected chi connectivity index (χ0v) is 8.56. The summed E-state index contributed by atoms with van der Waals surface area (Å²) < 4.78 is 5.22. The van der Waals surface area contributed by atoms with Crippen molar-refractivity contribution in [3.05, 3.63) is 49.5 Å². The molecule has 0 saturated carbocycles. The van der Waals surface area contributed by atoms with Crippen LogP contribution in [0, 0.1) is 0 Å². The number of fused-ring (bicyclic) bond motifs is 1. The third-order valence-electron chi connectivity index (χ3n) is 2.32. The summed E-state index contributed by atoms with van der Waals surface area (Å²) in [4.78, 5) is 25.9. The summed E-state index contributed by atoms with van der Waals surface area (Å²) in [5.74, 6) is 0.515. The highest BCUT2D eigenvalue weighted by atomic mass is 16.5. The fourth-order valence-electron chi connectivity index (χ4n) is 1.61. The van der Waals surface area contributed by atoms with Gasteiger partial charge in [0.05, 0.1) is 6.61 Å². The maximum absolute atomic E-state index is 11.6. The minimum Gasteiger partial charge on any atom is -0.494 e. The van der Waals surface area contributed by atoms with Crippen molar-refractivity contribution in [3.63, 3.8) is 0 Å². The molecule has 0 aromatic heterocycles. The third kappa shape index (κ3) is 1.34. The van der Waals surface area contributed by atoms with Gasteiger partial charge in [-0.05, 0) is 25.1 Å². The van der Waals surface area contributed by atoms with E-state index in [-0.39, 0.29) is 10.8 Å². The molecule has 0 aliphatic heterocycles. The van der Waals surface area contributed by atoms with Gasteiger partial charge in [0, 0.05) is 10.8 Å². The van der Waals surface area contributed by atoms with Crippen LogP contribution in [0.1, 0.15) is 6.92 Å². The van der Waals surface area contributed by atoms with E-state index in [9.17, 15) is 9.59 Å². The van der Waals surface area contributed by atoms with Crippen molar-refractivity contribution < 1.29 is 9.53 Å². The first-order valence-electron chi connectivity index (χ1n) is 4.77. The summed E-state index contributed by atoms with van der Waals surface area (Å²) in [5.41, 5.74) is 7.45. The average Bonchev–Trinajstić information content (AvgIpc) is 2.52. The molecular weight excluding hydrogens is 208 g/mol. The molecule has 0 fully saturated rings. The van der Waals surface area contributed by atoms with Crippen LogP contribution in [0.15, 0.2) is 27.8 Å². The predicted octanol–water partition coefficient (Wildman–Crippen LogP) is -0.0350. The van der Waals surface area contributed by atoms with E-state index in [0.717, 1.165) is 0 Å². The van der Waals surface area contributed by atoms with Gasteiger partial charge in [-0.15, -0.1) is 0 Å². The van der Waals surface area contributed by atoms with Gasteiger partial charge in [0.2, 0.25) is 0 Å². The number of hydrogen-bond acceptors (Lipinski definition) is 3. The van der Waals surface area contributed by atoms with Gasteiger partial charge in [0.15, 0.2) is 0 Å². The van der Waals surface area contributed by atoms with Gasteiger partial charge in [-0.3, -0.25) is 9.59 Å². The number of ether oxygens (including phenoxy) is 1. The molecule has 5 nitrogen and oxygen atoms in total. The average molecular weight is 216 g/mol. The molecule has 0 atom stereocenters. The van der Waals surface area contributed by atoms with Crippen molar-refractivity contribution in [2.75, 3.05) is 6.61 Å². The lowest BCUT2D eigenvalue weighted by molar-refractivity contribution is -0.0674. The summed E-state index contributed by atoms with van der Waals surface area (Å²) in [6, 6.07) is 4.59. The quantitative estimate of drug-likeness (QED) is 0.522. The van der Waals surface area contributed by atoms with Crippen LogP contribution in [0.25, 0.3) is 16.3 Å². The SMILES string of the molecule is CCOc1ccc2c(=O)c(=[N+]=[N-])c(=O)c2c1. The Labute approximate surface area is 89.9 Å². The van der Waals surface area contributed by atoms with Crippen molar-refractivity contribution in [3.8, 4) is 5.75 Å². The zero-order chi connectivity index (χ0) is 11.7. The van der Waals surface area contributed by atoms with E-state index in [2.05, 4.69) is 4.79 Å². The second kappa shape index (κ2) is 3.72. The fraction of sp³-hybridized carbons (Fsp3) is 0.182. The van der Waals surface area contributed by atoms with E-state index in [0.29, 0.717) is 12.4 Å². The summed E-state index contributed by atoms with van der Waals surface area (Å²) in [6.07, 6.45) is 0. The first kappa shape index (κ1) is 10.3. The summed E-state index contributed by atoms with van der Waals surface area (Å²) in [7, 11) is 0. The topological polar surface area (TPSA) is 79.8 Å². The van der Waals surface area contributed by atoms with Gasteiger partial charge in [-0.2, -0.15) is 4.79 Å².